The maximum Gasteiger partial charge on any atom is 0.673 e. The summed E-state index contributed by atoms with van der Waals surface area (Å²) in [5, 5.41) is 0. The minimum atomic E-state index is -6.00. The highest BCUT2D eigenvalue weighted by Crippen LogP contribution is 2.07. The Hall–Kier alpha value is -0.510. The number of rotatable bonds is 0. The fourth-order valence-electron chi connectivity index (χ4n) is 1.52. The van der Waals surface area contributed by atoms with E-state index < -0.39 is 14.5 Å². The molecule has 110 valence electrons. The molecule has 3 heterocycles. The average Bonchev–Trinajstić information content (AvgIpc) is 2.15. The summed E-state index contributed by atoms with van der Waals surface area (Å²) in [4.78, 5) is 5.08. The third-order valence-electron chi connectivity index (χ3n) is 2.20. The molecule has 0 unspecified atom stereocenters. The summed E-state index contributed by atoms with van der Waals surface area (Å²) in [7, 11) is -12.0. The molecule has 3 rings (SSSR count). The van der Waals surface area contributed by atoms with Crippen LogP contribution in [-0.4, -0.2) is 63.6 Å². The van der Waals surface area contributed by atoms with E-state index in [9.17, 15) is 34.5 Å². The van der Waals surface area contributed by atoms with E-state index in [1.165, 1.54) is 39.3 Å². The predicted molar refractivity (Wildman–Crippen MR) is 53.3 cm³/mol. The first-order chi connectivity index (χ1) is 7.95. The maximum absolute atomic E-state index is 9.75. The molecule has 0 radical (unpaired) electrons. The number of nitrogens with zero attached hydrogens (tertiary/aromatic N) is 2. The lowest BCUT2D eigenvalue weighted by atomic mass is 10.2. The van der Waals surface area contributed by atoms with E-state index in [-0.39, 0.29) is 0 Å². The molecule has 12 heteroatoms. The fourth-order valence-corrected chi connectivity index (χ4v) is 1.52. The lowest BCUT2D eigenvalue weighted by molar-refractivity contribution is 0.0647. The Kier molecular flexibility index (Phi) is 6.97. The second-order valence-corrected chi connectivity index (χ2v) is 3.67. The SMILES string of the molecule is C1CN2CCN1CC2.F[B-](F)(F)F.F[B-](F)(F)F. The largest absolute Gasteiger partial charge is 0.673 e. The number of hydrogen-bond donors (Lipinski definition) is 0. The van der Waals surface area contributed by atoms with Crippen LogP contribution in [0.2, 0.25) is 0 Å². The standard InChI is InChI=1S/C6H12N2.2BF4/c1-2-8-5-3-7(1)4-6-8;2*2-1(3,4)5/h1-6H2;;/q;2*-1. The molecule has 0 aromatic carbocycles. The summed E-state index contributed by atoms with van der Waals surface area (Å²) in [5.41, 5.74) is 0. The normalized spacial score (nSPS) is 26.7. The molecule has 3 aliphatic rings. The number of fused-ring (bicyclic) bond motifs is 3. The molecule has 3 saturated heterocycles. The van der Waals surface area contributed by atoms with Crippen molar-refractivity contribution in [3.05, 3.63) is 0 Å². The van der Waals surface area contributed by atoms with Gasteiger partial charge in [0.1, 0.15) is 0 Å². The predicted octanol–water partition coefficient (Wildman–Crippen LogP) is 2.22. The van der Waals surface area contributed by atoms with E-state index in [1.54, 1.807) is 0 Å². The van der Waals surface area contributed by atoms with E-state index in [0.29, 0.717) is 0 Å². The maximum atomic E-state index is 9.75. The molecular weight excluding hydrogens is 274 g/mol. The van der Waals surface area contributed by atoms with Crippen LogP contribution in [0, 0.1) is 0 Å². The van der Waals surface area contributed by atoms with Crippen LogP contribution in [0.25, 0.3) is 0 Å². The van der Waals surface area contributed by atoms with Crippen molar-refractivity contribution in [2.75, 3.05) is 39.3 Å². The molecule has 2 bridgehead atoms. The van der Waals surface area contributed by atoms with Gasteiger partial charge in [-0.2, -0.15) is 0 Å². The van der Waals surface area contributed by atoms with Crippen LogP contribution in [0.3, 0.4) is 0 Å². The van der Waals surface area contributed by atoms with Crippen molar-refractivity contribution in [2.24, 2.45) is 0 Å². The van der Waals surface area contributed by atoms with Gasteiger partial charge in [0.05, 0.1) is 0 Å². The first-order valence-electron chi connectivity index (χ1n) is 5.14. The van der Waals surface area contributed by atoms with Gasteiger partial charge in [0.2, 0.25) is 0 Å². The molecule has 0 amide bonds. The van der Waals surface area contributed by atoms with Gasteiger partial charge in [-0.25, -0.2) is 0 Å². The Balaban J connectivity index is 0.000000258. The van der Waals surface area contributed by atoms with Crippen molar-refractivity contribution in [1.29, 1.82) is 0 Å². The Morgan fingerprint density at radius 3 is 0.611 bits per heavy atom. The summed E-state index contributed by atoms with van der Waals surface area (Å²) in [5.74, 6) is 0. The third kappa shape index (κ3) is 15.5. The molecule has 0 aliphatic carbocycles. The molecule has 0 spiro atoms. The van der Waals surface area contributed by atoms with Gasteiger partial charge in [0.25, 0.3) is 0 Å². The third-order valence-corrected chi connectivity index (χ3v) is 2.20. The minimum Gasteiger partial charge on any atom is -0.418 e. The minimum absolute atomic E-state index is 1.32. The van der Waals surface area contributed by atoms with Crippen molar-refractivity contribution >= 4 is 14.5 Å². The summed E-state index contributed by atoms with van der Waals surface area (Å²) in [6, 6.07) is 0. The van der Waals surface area contributed by atoms with Crippen molar-refractivity contribution < 1.29 is 34.5 Å². The number of piperazine rings is 3. The quantitative estimate of drug-likeness (QED) is 0.497. The highest BCUT2D eigenvalue weighted by molar-refractivity contribution is 6.50. The summed E-state index contributed by atoms with van der Waals surface area (Å²) in [6.07, 6.45) is 0. The molecular formula is C6H12B2F8N2-2. The highest BCUT2D eigenvalue weighted by Gasteiger charge is 2.22. The Bertz CT molecular complexity index is 178. The van der Waals surface area contributed by atoms with Crippen molar-refractivity contribution in [3.8, 4) is 0 Å². The van der Waals surface area contributed by atoms with Crippen LogP contribution in [0.1, 0.15) is 0 Å². The molecule has 3 fully saturated rings. The van der Waals surface area contributed by atoms with Gasteiger partial charge in [-0.1, -0.05) is 0 Å². The van der Waals surface area contributed by atoms with Crippen LogP contribution < -0.4 is 0 Å². The van der Waals surface area contributed by atoms with Gasteiger partial charge < -0.3 is 34.5 Å². The van der Waals surface area contributed by atoms with E-state index in [4.69, 9.17) is 0 Å². The van der Waals surface area contributed by atoms with Gasteiger partial charge >= 0.3 is 14.5 Å². The van der Waals surface area contributed by atoms with Gasteiger partial charge in [0.15, 0.2) is 0 Å². The topological polar surface area (TPSA) is 6.48 Å². The van der Waals surface area contributed by atoms with Gasteiger partial charge in [-0.15, -0.1) is 0 Å². The van der Waals surface area contributed by atoms with E-state index in [0.717, 1.165) is 0 Å². The molecule has 0 aromatic rings. The number of halogens is 8. The molecule has 18 heavy (non-hydrogen) atoms. The van der Waals surface area contributed by atoms with E-state index in [2.05, 4.69) is 9.80 Å². The number of hydrogen-bond acceptors (Lipinski definition) is 2. The van der Waals surface area contributed by atoms with E-state index in [1.807, 2.05) is 0 Å². The second kappa shape index (κ2) is 7.17. The zero-order valence-electron chi connectivity index (χ0n) is 9.32. The van der Waals surface area contributed by atoms with Crippen LogP contribution in [-0.2, 0) is 0 Å². The van der Waals surface area contributed by atoms with E-state index >= 15 is 0 Å². The second-order valence-electron chi connectivity index (χ2n) is 3.67. The Morgan fingerprint density at radius 2 is 0.556 bits per heavy atom. The fraction of sp³-hybridized carbons (Fsp3) is 1.00. The smallest absolute Gasteiger partial charge is 0.418 e. The Morgan fingerprint density at radius 1 is 0.444 bits per heavy atom. The molecule has 2 nitrogen and oxygen atoms in total. The lowest BCUT2D eigenvalue weighted by Crippen LogP contribution is -2.55. The summed E-state index contributed by atoms with van der Waals surface area (Å²) < 4.78 is 78.0. The average molecular weight is 286 g/mol. The summed E-state index contributed by atoms with van der Waals surface area (Å²) in [6.45, 7) is 7.92. The van der Waals surface area contributed by atoms with Crippen LogP contribution >= 0.6 is 0 Å². The van der Waals surface area contributed by atoms with Crippen LogP contribution in [0.4, 0.5) is 34.5 Å². The first kappa shape index (κ1) is 17.5. The van der Waals surface area contributed by atoms with Crippen LogP contribution in [0.15, 0.2) is 0 Å². The molecule has 0 N–H and O–H groups in total. The van der Waals surface area contributed by atoms with Gasteiger partial charge in [-0.3, -0.25) is 9.80 Å². The lowest BCUT2D eigenvalue weighted by Gasteiger charge is -2.41. The van der Waals surface area contributed by atoms with Crippen molar-refractivity contribution in [1.82, 2.24) is 9.80 Å². The van der Waals surface area contributed by atoms with Crippen molar-refractivity contribution in [3.63, 3.8) is 0 Å². The molecule has 0 aromatic heterocycles. The Labute approximate surface area is 99.1 Å². The monoisotopic (exact) mass is 286 g/mol. The molecule has 0 saturated carbocycles. The molecule has 3 aliphatic heterocycles. The molecule has 0 atom stereocenters. The summed E-state index contributed by atoms with van der Waals surface area (Å²) >= 11 is 0. The zero-order chi connectivity index (χ0) is 14.4. The zero-order valence-corrected chi connectivity index (χ0v) is 9.32. The van der Waals surface area contributed by atoms with Crippen LogP contribution in [0.5, 0.6) is 0 Å². The first-order valence-corrected chi connectivity index (χ1v) is 5.14. The highest BCUT2D eigenvalue weighted by atomic mass is 19.5. The van der Waals surface area contributed by atoms with Gasteiger partial charge in [-0.05, 0) is 0 Å². The van der Waals surface area contributed by atoms with Crippen molar-refractivity contribution in [2.45, 2.75) is 0 Å². The van der Waals surface area contributed by atoms with Gasteiger partial charge in [0, 0.05) is 39.3 Å².